The van der Waals surface area contributed by atoms with E-state index in [2.05, 4.69) is 47.0 Å². The van der Waals surface area contributed by atoms with E-state index in [1.807, 2.05) is 0 Å². The van der Waals surface area contributed by atoms with Crippen LogP contribution in [0.3, 0.4) is 0 Å². The first-order chi connectivity index (χ1) is 13.2. The van der Waals surface area contributed by atoms with Gasteiger partial charge in [-0.05, 0) is 47.9 Å². The molecule has 2 aliphatic rings. The number of carboxylic acid groups (broad SMARTS) is 1. The summed E-state index contributed by atoms with van der Waals surface area (Å²) in [6.45, 7) is 2.25. The predicted octanol–water partition coefficient (Wildman–Crippen LogP) is 4.26. The van der Waals surface area contributed by atoms with Gasteiger partial charge in [0.2, 0.25) is 0 Å². The molecular weight excluding hydrogens is 336 g/mol. The molecule has 3 aromatic rings. The number of aryl methyl sites for hydroxylation is 2. The fourth-order valence-electron chi connectivity index (χ4n) is 4.95. The Hall–Kier alpha value is -2.75. The molecule has 27 heavy (non-hydrogen) atoms. The molecular formula is C23H24N2O2. The van der Waals surface area contributed by atoms with Gasteiger partial charge < -0.3 is 14.6 Å². The monoisotopic (exact) mass is 360 g/mol. The maximum atomic E-state index is 11.5. The number of amides is 1. The van der Waals surface area contributed by atoms with Gasteiger partial charge in [0.15, 0.2) is 0 Å². The number of fused-ring (bicyclic) bond motifs is 3. The van der Waals surface area contributed by atoms with Crippen molar-refractivity contribution in [1.29, 1.82) is 0 Å². The first-order valence-electron chi connectivity index (χ1n) is 9.89. The van der Waals surface area contributed by atoms with Gasteiger partial charge >= 0.3 is 6.09 Å². The molecule has 4 heteroatoms. The van der Waals surface area contributed by atoms with Crippen LogP contribution in [0, 0.1) is 0 Å². The zero-order valence-electron chi connectivity index (χ0n) is 15.4. The van der Waals surface area contributed by atoms with E-state index in [-0.39, 0.29) is 0 Å². The summed E-state index contributed by atoms with van der Waals surface area (Å²) in [5.41, 5.74) is 8.34. The van der Waals surface area contributed by atoms with Crippen LogP contribution >= 0.6 is 0 Å². The Bertz CT molecular complexity index is 1020. The quantitative estimate of drug-likeness (QED) is 0.742. The summed E-state index contributed by atoms with van der Waals surface area (Å²) in [5.74, 6) is 0. The lowest BCUT2D eigenvalue weighted by Gasteiger charge is -2.20. The van der Waals surface area contributed by atoms with Crippen molar-refractivity contribution in [3.05, 3.63) is 70.4 Å². The van der Waals surface area contributed by atoms with Crippen molar-refractivity contribution < 1.29 is 9.90 Å². The summed E-state index contributed by atoms with van der Waals surface area (Å²) in [5, 5.41) is 10.8. The van der Waals surface area contributed by atoms with Gasteiger partial charge in [0.1, 0.15) is 0 Å². The molecule has 0 radical (unpaired) electrons. The third-order valence-corrected chi connectivity index (χ3v) is 6.18. The lowest BCUT2D eigenvalue weighted by atomic mass is 9.93. The standard InChI is InChI=1S/C23H24N2O2/c26-23(27)24-13-10-19-20(11-14-24)25-12-4-7-17-8-9-18(21(19)22(17)25)15-16-5-2-1-3-6-16/h1-3,5-6,8-9H,4,7,10-15H2,(H,26,27). The molecule has 1 amide bonds. The van der Waals surface area contributed by atoms with Crippen LogP contribution in [0.5, 0.6) is 0 Å². The van der Waals surface area contributed by atoms with Crippen LogP contribution in [0.1, 0.15) is 34.4 Å². The SMILES string of the molecule is O=C(O)N1CCc2c(n3c4c(ccc(Cc5ccccc5)c24)CCC3)CC1. The van der Waals surface area contributed by atoms with Crippen molar-refractivity contribution in [2.24, 2.45) is 0 Å². The van der Waals surface area contributed by atoms with E-state index in [1.54, 1.807) is 4.90 Å². The van der Waals surface area contributed by atoms with Gasteiger partial charge in [-0.2, -0.15) is 0 Å². The van der Waals surface area contributed by atoms with E-state index in [1.165, 1.54) is 45.3 Å². The van der Waals surface area contributed by atoms with Crippen molar-refractivity contribution >= 4 is 17.0 Å². The lowest BCUT2D eigenvalue weighted by Crippen LogP contribution is -2.32. The molecule has 138 valence electrons. The van der Waals surface area contributed by atoms with E-state index < -0.39 is 6.09 Å². The molecule has 0 bridgehead atoms. The van der Waals surface area contributed by atoms with E-state index in [9.17, 15) is 9.90 Å². The second-order valence-electron chi connectivity index (χ2n) is 7.72. The fourth-order valence-corrected chi connectivity index (χ4v) is 4.95. The zero-order valence-corrected chi connectivity index (χ0v) is 15.4. The number of rotatable bonds is 2. The summed E-state index contributed by atoms with van der Waals surface area (Å²) >= 11 is 0. The van der Waals surface area contributed by atoms with Gasteiger partial charge in [0, 0.05) is 37.1 Å². The molecule has 4 nitrogen and oxygen atoms in total. The van der Waals surface area contributed by atoms with Crippen LogP contribution in [0.25, 0.3) is 10.9 Å². The number of hydrogen-bond donors (Lipinski definition) is 1. The molecule has 0 fully saturated rings. The Morgan fingerprint density at radius 3 is 2.59 bits per heavy atom. The summed E-state index contributed by atoms with van der Waals surface area (Å²) in [4.78, 5) is 13.1. The molecule has 0 aliphatic carbocycles. The highest BCUT2D eigenvalue weighted by Gasteiger charge is 2.27. The number of nitrogens with zero attached hydrogens (tertiary/aromatic N) is 2. The third kappa shape index (κ3) is 2.71. The van der Waals surface area contributed by atoms with Gasteiger partial charge in [0.25, 0.3) is 0 Å². The van der Waals surface area contributed by atoms with E-state index in [4.69, 9.17) is 0 Å². The van der Waals surface area contributed by atoms with Crippen LogP contribution in [0.2, 0.25) is 0 Å². The van der Waals surface area contributed by atoms with Crippen molar-refractivity contribution in [2.45, 2.75) is 38.6 Å². The van der Waals surface area contributed by atoms with Crippen LogP contribution in [-0.4, -0.2) is 33.8 Å². The Morgan fingerprint density at radius 2 is 1.78 bits per heavy atom. The van der Waals surface area contributed by atoms with Gasteiger partial charge in [-0.1, -0.05) is 42.5 Å². The zero-order chi connectivity index (χ0) is 18.4. The Balaban J connectivity index is 1.67. The predicted molar refractivity (Wildman–Crippen MR) is 107 cm³/mol. The molecule has 3 heterocycles. The number of hydrogen-bond acceptors (Lipinski definition) is 1. The smallest absolute Gasteiger partial charge is 0.407 e. The number of benzene rings is 2. The minimum Gasteiger partial charge on any atom is -0.465 e. The van der Waals surface area contributed by atoms with Gasteiger partial charge in [0.05, 0.1) is 5.52 Å². The lowest BCUT2D eigenvalue weighted by molar-refractivity contribution is 0.147. The second kappa shape index (κ2) is 6.45. The Kier molecular flexibility index (Phi) is 3.92. The minimum atomic E-state index is -0.798. The fraction of sp³-hybridized carbons (Fsp3) is 0.348. The average Bonchev–Trinajstić information content (AvgIpc) is 2.85. The highest BCUT2D eigenvalue weighted by molar-refractivity contribution is 5.92. The second-order valence-corrected chi connectivity index (χ2v) is 7.72. The van der Waals surface area contributed by atoms with Crippen LogP contribution < -0.4 is 0 Å². The number of carbonyl (C=O) groups is 1. The largest absolute Gasteiger partial charge is 0.465 e. The normalized spacial score (nSPS) is 16.2. The average molecular weight is 360 g/mol. The highest BCUT2D eigenvalue weighted by atomic mass is 16.4. The maximum absolute atomic E-state index is 11.5. The summed E-state index contributed by atoms with van der Waals surface area (Å²) in [7, 11) is 0. The van der Waals surface area contributed by atoms with Crippen LogP contribution in [0.15, 0.2) is 42.5 Å². The molecule has 1 N–H and O–H groups in total. The van der Waals surface area contributed by atoms with Crippen molar-refractivity contribution in [3.63, 3.8) is 0 Å². The van der Waals surface area contributed by atoms with Crippen molar-refractivity contribution in [3.8, 4) is 0 Å². The molecule has 2 aliphatic heterocycles. The molecule has 1 aromatic heterocycles. The molecule has 0 atom stereocenters. The first kappa shape index (κ1) is 16.4. The molecule has 0 saturated heterocycles. The summed E-state index contributed by atoms with van der Waals surface area (Å²) < 4.78 is 2.50. The third-order valence-electron chi connectivity index (χ3n) is 6.18. The van der Waals surface area contributed by atoms with Crippen molar-refractivity contribution in [1.82, 2.24) is 9.47 Å². The van der Waals surface area contributed by atoms with Gasteiger partial charge in [-0.25, -0.2) is 4.79 Å². The van der Waals surface area contributed by atoms with Gasteiger partial charge in [-0.3, -0.25) is 0 Å². The molecule has 0 unspecified atom stereocenters. The molecule has 0 saturated carbocycles. The summed E-state index contributed by atoms with van der Waals surface area (Å²) in [6, 6.07) is 15.3. The first-order valence-corrected chi connectivity index (χ1v) is 9.89. The van der Waals surface area contributed by atoms with Crippen LogP contribution in [0.4, 0.5) is 4.79 Å². The van der Waals surface area contributed by atoms with Crippen molar-refractivity contribution in [2.75, 3.05) is 13.1 Å². The number of aromatic nitrogens is 1. The highest BCUT2D eigenvalue weighted by Crippen LogP contribution is 2.37. The molecule has 0 spiro atoms. The Morgan fingerprint density at radius 1 is 0.963 bits per heavy atom. The van der Waals surface area contributed by atoms with Crippen LogP contribution in [-0.2, 0) is 32.2 Å². The van der Waals surface area contributed by atoms with Gasteiger partial charge in [-0.15, -0.1) is 0 Å². The summed E-state index contributed by atoms with van der Waals surface area (Å²) in [6.07, 6.45) is 4.08. The van der Waals surface area contributed by atoms with E-state index in [0.29, 0.717) is 13.1 Å². The molecule has 2 aromatic carbocycles. The molecule has 5 rings (SSSR count). The Labute approximate surface area is 159 Å². The topological polar surface area (TPSA) is 45.5 Å². The minimum absolute atomic E-state index is 0.594. The van der Waals surface area contributed by atoms with E-state index in [0.717, 1.165) is 32.2 Å². The van der Waals surface area contributed by atoms with E-state index >= 15 is 0 Å². The maximum Gasteiger partial charge on any atom is 0.407 e.